The van der Waals surface area contributed by atoms with E-state index < -0.39 is 22.1 Å². The molecule has 186 valence electrons. The Balaban J connectivity index is 1.68. The summed E-state index contributed by atoms with van der Waals surface area (Å²) in [4.78, 5) is 25.7. The molecule has 0 unspecified atom stereocenters. The number of rotatable bonds is 5. The second-order valence-corrected chi connectivity index (χ2v) is 9.95. The van der Waals surface area contributed by atoms with Gasteiger partial charge in [0.1, 0.15) is 22.7 Å². The van der Waals surface area contributed by atoms with E-state index in [2.05, 4.69) is 0 Å². The van der Waals surface area contributed by atoms with Gasteiger partial charge in [-0.25, -0.2) is 18.0 Å². The molecule has 0 aliphatic rings. The molecule has 1 heterocycles. The number of fused-ring (bicyclic) bond motifs is 2. The first-order valence-electron chi connectivity index (χ1n) is 11.2. The molecule has 4 aromatic carbocycles. The molecule has 0 aliphatic carbocycles. The number of ether oxygens (including phenoxy) is 2. The van der Waals surface area contributed by atoms with E-state index in [4.69, 9.17) is 13.9 Å². The van der Waals surface area contributed by atoms with E-state index in [0.717, 1.165) is 5.39 Å². The van der Waals surface area contributed by atoms with Gasteiger partial charge in [-0.1, -0.05) is 48.5 Å². The Hall–Kier alpha value is -4.63. The lowest BCUT2D eigenvalue weighted by atomic mass is 10.1. The Labute approximate surface area is 212 Å². The first-order valence-corrected chi connectivity index (χ1v) is 12.7. The highest BCUT2D eigenvalue weighted by Crippen LogP contribution is 2.33. The molecule has 0 saturated carbocycles. The Morgan fingerprint density at radius 2 is 1.54 bits per heavy atom. The summed E-state index contributed by atoms with van der Waals surface area (Å²) in [5.41, 5.74) is 0.438. The van der Waals surface area contributed by atoms with Crippen molar-refractivity contribution < 1.29 is 31.9 Å². The van der Waals surface area contributed by atoms with Gasteiger partial charge in [-0.3, -0.25) is 0 Å². The molecule has 0 bridgehead atoms. The van der Waals surface area contributed by atoms with Crippen LogP contribution in [0.3, 0.4) is 0 Å². The molecule has 9 heteroatoms. The van der Waals surface area contributed by atoms with Crippen molar-refractivity contribution in [1.29, 1.82) is 0 Å². The standard InChI is InChI=1S/C28H21NO7S/c1-18-26(27(30)34-2)24-17-21(13-15-25(24)35-18)29(28(31)36-22-10-4-3-5-11-22)37(32,33)23-14-12-19-8-6-7-9-20(19)16-23/h3-17H,1-2H3. The zero-order valence-electron chi connectivity index (χ0n) is 19.9. The van der Waals surface area contributed by atoms with Crippen molar-refractivity contribution >= 4 is 49.5 Å². The molecule has 0 atom stereocenters. The highest BCUT2D eigenvalue weighted by Gasteiger charge is 2.34. The van der Waals surface area contributed by atoms with Crippen molar-refractivity contribution in [1.82, 2.24) is 0 Å². The topological polar surface area (TPSA) is 103 Å². The van der Waals surface area contributed by atoms with Crippen LogP contribution in [0.5, 0.6) is 5.75 Å². The third-order valence-electron chi connectivity index (χ3n) is 5.84. The van der Waals surface area contributed by atoms with Gasteiger partial charge in [-0.05, 0) is 60.2 Å². The minimum atomic E-state index is -4.45. The van der Waals surface area contributed by atoms with Crippen LogP contribution in [0, 0.1) is 6.92 Å². The fraction of sp³-hybridized carbons (Fsp3) is 0.0714. The molecule has 0 aliphatic heterocycles. The van der Waals surface area contributed by atoms with Gasteiger partial charge in [-0.15, -0.1) is 0 Å². The molecule has 5 aromatic rings. The van der Waals surface area contributed by atoms with Gasteiger partial charge in [-0.2, -0.15) is 4.31 Å². The summed E-state index contributed by atoms with van der Waals surface area (Å²) in [6.07, 6.45) is -1.14. The van der Waals surface area contributed by atoms with E-state index in [1.165, 1.54) is 49.6 Å². The molecule has 0 fully saturated rings. The van der Waals surface area contributed by atoms with Gasteiger partial charge < -0.3 is 13.9 Å². The molecular weight excluding hydrogens is 494 g/mol. The molecular formula is C28H21NO7S. The Kier molecular flexibility index (Phi) is 6.14. The smallest absolute Gasteiger partial charge is 0.434 e. The lowest BCUT2D eigenvalue weighted by molar-refractivity contribution is 0.0600. The van der Waals surface area contributed by atoms with Gasteiger partial charge in [0.2, 0.25) is 0 Å². The van der Waals surface area contributed by atoms with E-state index in [1.807, 2.05) is 12.1 Å². The van der Waals surface area contributed by atoms with E-state index in [1.54, 1.807) is 43.3 Å². The predicted octanol–water partition coefficient (Wildman–Crippen LogP) is 6.08. The molecule has 8 nitrogen and oxygen atoms in total. The maximum absolute atomic E-state index is 13.9. The lowest BCUT2D eigenvalue weighted by Crippen LogP contribution is -2.39. The van der Waals surface area contributed by atoms with Crippen LogP contribution in [0.4, 0.5) is 10.5 Å². The monoisotopic (exact) mass is 515 g/mol. The van der Waals surface area contributed by atoms with Crippen LogP contribution in [0.1, 0.15) is 16.1 Å². The normalized spacial score (nSPS) is 11.4. The first kappa shape index (κ1) is 24.1. The number of furan rings is 1. The zero-order valence-corrected chi connectivity index (χ0v) is 20.7. The lowest BCUT2D eigenvalue weighted by Gasteiger charge is -2.22. The van der Waals surface area contributed by atoms with Crippen molar-refractivity contribution in [3.63, 3.8) is 0 Å². The van der Waals surface area contributed by atoms with Gasteiger partial charge in [0.25, 0.3) is 10.0 Å². The number of methoxy groups -OCH3 is 1. The maximum atomic E-state index is 13.9. The molecule has 1 amide bonds. The molecule has 1 aromatic heterocycles. The van der Waals surface area contributed by atoms with Crippen LogP contribution in [0.2, 0.25) is 0 Å². The van der Waals surface area contributed by atoms with Crippen LogP contribution in [-0.4, -0.2) is 27.6 Å². The van der Waals surface area contributed by atoms with E-state index in [-0.39, 0.29) is 21.9 Å². The van der Waals surface area contributed by atoms with E-state index in [9.17, 15) is 18.0 Å². The highest BCUT2D eigenvalue weighted by atomic mass is 32.2. The van der Waals surface area contributed by atoms with Crippen LogP contribution in [0.15, 0.2) is 100 Å². The number of para-hydroxylation sites is 1. The average molecular weight is 516 g/mol. The van der Waals surface area contributed by atoms with Gasteiger partial charge in [0, 0.05) is 5.39 Å². The molecule has 0 N–H and O–H groups in total. The van der Waals surface area contributed by atoms with E-state index in [0.29, 0.717) is 26.4 Å². The Bertz CT molecular complexity index is 1760. The summed E-state index contributed by atoms with van der Waals surface area (Å²) in [5, 5.41) is 1.83. The molecule has 0 spiro atoms. The first-order chi connectivity index (χ1) is 17.8. The summed E-state index contributed by atoms with van der Waals surface area (Å²) >= 11 is 0. The van der Waals surface area contributed by atoms with Crippen LogP contribution in [-0.2, 0) is 14.8 Å². The Morgan fingerprint density at radius 1 is 0.838 bits per heavy atom. The molecule has 37 heavy (non-hydrogen) atoms. The van der Waals surface area contributed by atoms with Crippen LogP contribution < -0.4 is 9.04 Å². The fourth-order valence-corrected chi connectivity index (χ4v) is 5.45. The number of amides is 1. The number of sulfonamides is 1. The van der Waals surface area contributed by atoms with Crippen molar-refractivity contribution in [2.24, 2.45) is 0 Å². The molecule has 0 radical (unpaired) electrons. The number of carbonyl (C=O) groups is 2. The van der Waals surface area contributed by atoms with Gasteiger partial charge in [0.15, 0.2) is 0 Å². The quantitative estimate of drug-likeness (QED) is 0.262. The number of aryl methyl sites for hydroxylation is 1. The molecule has 5 rings (SSSR count). The number of anilines is 1. The van der Waals surface area contributed by atoms with Crippen LogP contribution in [0.25, 0.3) is 21.7 Å². The SMILES string of the molecule is COC(=O)c1c(C)oc2ccc(N(C(=O)Oc3ccccc3)S(=O)(=O)c3ccc4ccccc4c3)cc12. The summed E-state index contributed by atoms with van der Waals surface area (Å²) in [7, 11) is -3.22. The minimum absolute atomic E-state index is 0.0347. The highest BCUT2D eigenvalue weighted by molar-refractivity contribution is 7.93. The minimum Gasteiger partial charge on any atom is -0.465 e. The number of esters is 1. The summed E-state index contributed by atoms with van der Waals surface area (Å²) in [6, 6.07) is 24.3. The number of hydrogen-bond donors (Lipinski definition) is 0. The predicted molar refractivity (Wildman–Crippen MR) is 138 cm³/mol. The largest absolute Gasteiger partial charge is 0.465 e. The second kappa shape index (κ2) is 9.44. The summed E-state index contributed by atoms with van der Waals surface area (Å²) < 4.78 is 44.4. The van der Waals surface area contributed by atoms with Crippen molar-refractivity contribution in [3.8, 4) is 5.75 Å². The number of hydrogen-bond acceptors (Lipinski definition) is 7. The third-order valence-corrected chi connectivity index (χ3v) is 7.54. The zero-order chi connectivity index (χ0) is 26.2. The second-order valence-electron chi connectivity index (χ2n) is 8.16. The average Bonchev–Trinajstić information content (AvgIpc) is 3.23. The summed E-state index contributed by atoms with van der Waals surface area (Å²) in [5.74, 6) is -0.180. The number of nitrogens with zero attached hydrogens (tertiary/aromatic N) is 1. The fourth-order valence-electron chi connectivity index (χ4n) is 4.10. The van der Waals surface area contributed by atoms with Crippen molar-refractivity contribution in [3.05, 3.63) is 102 Å². The third kappa shape index (κ3) is 4.41. The molecule has 0 saturated heterocycles. The Morgan fingerprint density at radius 3 is 2.27 bits per heavy atom. The number of benzene rings is 4. The van der Waals surface area contributed by atoms with E-state index >= 15 is 0 Å². The van der Waals surface area contributed by atoms with Gasteiger partial charge in [0.05, 0.1) is 17.7 Å². The van der Waals surface area contributed by atoms with Crippen LogP contribution >= 0.6 is 0 Å². The number of carbonyl (C=O) groups excluding carboxylic acids is 2. The van der Waals surface area contributed by atoms with Crippen molar-refractivity contribution in [2.75, 3.05) is 11.4 Å². The summed E-state index contributed by atoms with van der Waals surface area (Å²) in [6.45, 7) is 1.60. The van der Waals surface area contributed by atoms with Crippen molar-refractivity contribution in [2.45, 2.75) is 11.8 Å². The van der Waals surface area contributed by atoms with Gasteiger partial charge >= 0.3 is 12.1 Å². The maximum Gasteiger partial charge on any atom is 0.434 e.